The average Bonchev–Trinajstić information content (AvgIpc) is 3.21. The molecule has 6 heteroatoms. The van der Waals surface area contributed by atoms with Crippen LogP contribution in [-0.2, 0) is 0 Å². The highest BCUT2D eigenvalue weighted by Crippen LogP contribution is 2.16. The van der Waals surface area contributed by atoms with Crippen LogP contribution in [0.4, 0.5) is 5.69 Å². The molecule has 3 rings (SSSR count). The number of furan rings is 1. The van der Waals surface area contributed by atoms with Crippen molar-refractivity contribution in [1.29, 1.82) is 0 Å². The largest absolute Gasteiger partial charge is 0.491 e. The van der Waals surface area contributed by atoms with Crippen molar-refractivity contribution in [2.24, 2.45) is 0 Å². The molecule has 1 heterocycles. The fourth-order valence-electron chi connectivity index (χ4n) is 2.48. The maximum atomic E-state index is 12.3. The van der Waals surface area contributed by atoms with Gasteiger partial charge in [0.1, 0.15) is 12.4 Å². The van der Waals surface area contributed by atoms with Gasteiger partial charge < -0.3 is 19.8 Å². The molecule has 0 radical (unpaired) electrons. The Kier molecular flexibility index (Phi) is 5.89. The molecular formula is C21H20N2O4. The van der Waals surface area contributed by atoms with E-state index in [1.165, 1.54) is 6.26 Å². The molecule has 0 saturated heterocycles. The summed E-state index contributed by atoms with van der Waals surface area (Å²) in [5, 5.41) is 5.50. The van der Waals surface area contributed by atoms with Gasteiger partial charge >= 0.3 is 0 Å². The molecule has 138 valence electrons. The molecule has 2 amide bonds. The molecular weight excluding hydrogens is 344 g/mol. The lowest BCUT2D eigenvalue weighted by atomic mass is 10.2. The van der Waals surface area contributed by atoms with Crippen LogP contribution in [0.25, 0.3) is 0 Å². The number of para-hydroxylation sites is 1. The van der Waals surface area contributed by atoms with E-state index in [-0.39, 0.29) is 17.6 Å². The summed E-state index contributed by atoms with van der Waals surface area (Å²) >= 11 is 0. The Bertz CT molecular complexity index is 919. The minimum absolute atomic E-state index is 0.207. The van der Waals surface area contributed by atoms with Crippen molar-refractivity contribution >= 4 is 17.5 Å². The minimum atomic E-state index is -0.371. The van der Waals surface area contributed by atoms with Gasteiger partial charge in [0.2, 0.25) is 0 Å². The summed E-state index contributed by atoms with van der Waals surface area (Å²) in [6.45, 7) is 2.71. The van der Waals surface area contributed by atoms with Crippen molar-refractivity contribution in [2.75, 3.05) is 18.5 Å². The van der Waals surface area contributed by atoms with Crippen molar-refractivity contribution in [3.63, 3.8) is 0 Å². The summed E-state index contributed by atoms with van der Waals surface area (Å²) in [6, 6.07) is 17.6. The van der Waals surface area contributed by atoms with Crippen molar-refractivity contribution in [3.8, 4) is 5.75 Å². The summed E-state index contributed by atoms with van der Waals surface area (Å²) in [7, 11) is 0. The molecule has 1 aromatic heterocycles. The first-order valence-corrected chi connectivity index (χ1v) is 8.55. The summed E-state index contributed by atoms with van der Waals surface area (Å²) in [5.41, 5.74) is 2.01. The van der Waals surface area contributed by atoms with Crippen LogP contribution in [0.2, 0.25) is 0 Å². The Labute approximate surface area is 157 Å². The third-order valence-electron chi connectivity index (χ3n) is 3.87. The van der Waals surface area contributed by atoms with Gasteiger partial charge in [-0.1, -0.05) is 24.3 Å². The summed E-state index contributed by atoms with van der Waals surface area (Å²) < 4.78 is 10.7. The highest BCUT2D eigenvalue weighted by molar-refractivity contribution is 6.03. The number of hydrogen-bond donors (Lipinski definition) is 2. The second-order valence-electron chi connectivity index (χ2n) is 5.88. The number of aryl methyl sites for hydroxylation is 1. The van der Waals surface area contributed by atoms with Gasteiger partial charge in [0, 0.05) is 11.3 Å². The van der Waals surface area contributed by atoms with Crippen LogP contribution in [0, 0.1) is 6.92 Å². The van der Waals surface area contributed by atoms with Crippen LogP contribution in [0.3, 0.4) is 0 Å². The van der Waals surface area contributed by atoms with Crippen LogP contribution >= 0.6 is 0 Å². The fraction of sp³-hybridized carbons (Fsp3) is 0.143. The molecule has 2 N–H and O–H groups in total. The van der Waals surface area contributed by atoms with Gasteiger partial charge in [0.25, 0.3) is 11.8 Å². The van der Waals surface area contributed by atoms with Gasteiger partial charge in [-0.2, -0.15) is 0 Å². The number of rotatable bonds is 7. The fourth-order valence-corrected chi connectivity index (χ4v) is 2.48. The van der Waals surface area contributed by atoms with Crippen molar-refractivity contribution in [2.45, 2.75) is 6.92 Å². The molecule has 0 fully saturated rings. The number of hydrogen-bond acceptors (Lipinski definition) is 4. The van der Waals surface area contributed by atoms with E-state index in [0.717, 1.165) is 11.3 Å². The molecule has 0 spiro atoms. The van der Waals surface area contributed by atoms with Crippen molar-refractivity contribution < 1.29 is 18.7 Å². The predicted octanol–water partition coefficient (Wildman–Crippen LogP) is 3.65. The Hall–Kier alpha value is -3.54. The highest BCUT2D eigenvalue weighted by Gasteiger charge is 2.11. The Morgan fingerprint density at radius 1 is 1.00 bits per heavy atom. The van der Waals surface area contributed by atoms with Gasteiger partial charge in [-0.05, 0) is 48.9 Å². The van der Waals surface area contributed by atoms with Crippen LogP contribution in [0.5, 0.6) is 5.75 Å². The second-order valence-corrected chi connectivity index (χ2v) is 5.88. The SMILES string of the molecule is Cc1ccccc1OCCNC(=O)c1cccc(NC(=O)c2ccco2)c1. The van der Waals surface area contributed by atoms with Crippen LogP contribution in [-0.4, -0.2) is 25.0 Å². The lowest BCUT2D eigenvalue weighted by molar-refractivity contribution is 0.0945. The molecule has 0 saturated carbocycles. The van der Waals surface area contributed by atoms with Crippen LogP contribution < -0.4 is 15.4 Å². The molecule has 0 unspecified atom stereocenters. The van der Waals surface area contributed by atoms with Gasteiger partial charge in [0.05, 0.1) is 12.8 Å². The predicted molar refractivity (Wildman–Crippen MR) is 102 cm³/mol. The smallest absolute Gasteiger partial charge is 0.291 e. The molecule has 0 aliphatic carbocycles. The van der Waals surface area contributed by atoms with E-state index >= 15 is 0 Å². The molecule has 0 atom stereocenters. The number of benzene rings is 2. The summed E-state index contributed by atoms with van der Waals surface area (Å²) in [4.78, 5) is 24.3. The number of nitrogens with one attached hydrogen (secondary N) is 2. The standard InChI is InChI=1S/C21H20N2O4/c1-15-6-2-3-9-18(15)27-13-11-22-20(24)16-7-4-8-17(14-16)23-21(25)19-10-5-12-26-19/h2-10,12,14H,11,13H2,1H3,(H,22,24)(H,23,25). The zero-order chi connectivity index (χ0) is 19.1. The number of carbonyl (C=O) groups excluding carboxylic acids is 2. The van der Waals surface area contributed by atoms with Gasteiger partial charge in [0.15, 0.2) is 5.76 Å². The quantitative estimate of drug-likeness (QED) is 0.627. The molecule has 2 aromatic carbocycles. The molecule has 0 aliphatic heterocycles. The number of amides is 2. The maximum absolute atomic E-state index is 12.3. The average molecular weight is 364 g/mol. The molecule has 0 bridgehead atoms. The monoisotopic (exact) mass is 364 g/mol. The summed E-state index contributed by atoms with van der Waals surface area (Å²) in [5.74, 6) is 0.397. The van der Waals surface area contributed by atoms with Gasteiger partial charge in [-0.3, -0.25) is 9.59 Å². The third-order valence-corrected chi connectivity index (χ3v) is 3.87. The zero-order valence-corrected chi connectivity index (χ0v) is 14.9. The summed E-state index contributed by atoms with van der Waals surface area (Å²) in [6.07, 6.45) is 1.43. The first-order chi connectivity index (χ1) is 13.1. The van der Waals surface area contributed by atoms with Crippen molar-refractivity contribution in [3.05, 3.63) is 83.8 Å². The van der Waals surface area contributed by atoms with Crippen LogP contribution in [0.15, 0.2) is 71.3 Å². The lowest BCUT2D eigenvalue weighted by Gasteiger charge is -2.10. The lowest BCUT2D eigenvalue weighted by Crippen LogP contribution is -2.28. The van der Waals surface area contributed by atoms with E-state index in [9.17, 15) is 9.59 Å². The zero-order valence-electron chi connectivity index (χ0n) is 14.9. The van der Waals surface area contributed by atoms with Gasteiger partial charge in [-0.15, -0.1) is 0 Å². The first kappa shape index (κ1) is 18.3. The molecule has 0 aliphatic rings. The number of carbonyl (C=O) groups is 2. The maximum Gasteiger partial charge on any atom is 0.291 e. The highest BCUT2D eigenvalue weighted by atomic mass is 16.5. The Morgan fingerprint density at radius 3 is 2.63 bits per heavy atom. The topological polar surface area (TPSA) is 80.6 Å². The van der Waals surface area contributed by atoms with Crippen molar-refractivity contribution in [1.82, 2.24) is 5.32 Å². The first-order valence-electron chi connectivity index (χ1n) is 8.55. The van der Waals surface area contributed by atoms with E-state index in [1.807, 2.05) is 31.2 Å². The number of anilines is 1. The van der Waals surface area contributed by atoms with E-state index in [1.54, 1.807) is 36.4 Å². The normalized spacial score (nSPS) is 10.3. The van der Waals surface area contributed by atoms with E-state index in [2.05, 4.69) is 10.6 Å². The van der Waals surface area contributed by atoms with E-state index in [0.29, 0.717) is 24.4 Å². The van der Waals surface area contributed by atoms with Gasteiger partial charge in [-0.25, -0.2) is 0 Å². The second kappa shape index (κ2) is 8.71. The third kappa shape index (κ3) is 4.98. The van der Waals surface area contributed by atoms with E-state index in [4.69, 9.17) is 9.15 Å². The Morgan fingerprint density at radius 2 is 1.85 bits per heavy atom. The molecule has 6 nitrogen and oxygen atoms in total. The molecule has 3 aromatic rings. The van der Waals surface area contributed by atoms with E-state index < -0.39 is 0 Å². The molecule has 27 heavy (non-hydrogen) atoms. The number of ether oxygens (including phenoxy) is 1. The Balaban J connectivity index is 1.51. The minimum Gasteiger partial charge on any atom is -0.491 e. The van der Waals surface area contributed by atoms with Crippen LogP contribution in [0.1, 0.15) is 26.5 Å².